The van der Waals surface area contributed by atoms with E-state index in [-0.39, 0.29) is 18.6 Å². The van der Waals surface area contributed by atoms with Gasteiger partial charge in [0.15, 0.2) is 0 Å². The van der Waals surface area contributed by atoms with E-state index in [2.05, 4.69) is 20.9 Å². The van der Waals surface area contributed by atoms with Crippen molar-refractivity contribution in [1.29, 1.82) is 0 Å². The predicted molar refractivity (Wildman–Crippen MR) is 129 cm³/mol. The van der Waals surface area contributed by atoms with Gasteiger partial charge >= 0.3 is 0 Å². The van der Waals surface area contributed by atoms with Gasteiger partial charge in [0.2, 0.25) is 11.8 Å². The van der Waals surface area contributed by atoms with Crippen molar-refractivity contribution in [1.82, 2.24) is 15.6 Å². The first-order valence-corrected chi connectivity index (χ1v) is 12.9. The van der Waals surface area contributed by atoms with Crippen molar-refractivity contribution in [2.24, 2.45) is 0 Å². The normalized spacial score (nSPS) is 16.9. The Morgan fingerprint density at radius 2 is 1.85 bits per heavy atom. The van der Waals surface area contributed by atoms with Crippen LogP contribution in [0.2, 0.25) is 0 Å². The van der Waals surface area contributed by atoms with Gasteiger partial charge in [-0.05, 0) is 44.2 Å². The van der Waals surface area contributed by atoms with E-state index in [4.69, 9.17) is 0 Å². The molecule has 1 aliphatic heterocycles. The zero-order chi connectivity index (χ0) is 24.9. The lowest BCUT2D eigenvalue weighted by Gasteiger charge is -2.29. The van der Waals surface area contributed by atoms with Gasteiger partial charge in [0.25, 0.3) is 5.91 Å². The van der Waals surface area contributed by atoms with E-state index in [9.17, 15) is 22.8 Å². The zero-order valence-electron chi connectivity index (χ0n) is 19.3. The molecule has 1 aliphatic rings. The largest absolute Gasteiger partial charge is 0.343 e. The fourth-order valence-electron chi connectivity index (χ4n) is 3.65. The molecule has 0 fully saturated rings. The van der Waals surface area contributed by atoms with Gasteiger partial charge in [-0.25, -0.2) is 13.4 Å². The lowest BCUT2D eigenvalue weighted by Crippen LogP contribution is -2.56. The number of aromatic nitrogens is 1. The van der Waals surface area contributed by atoms with Crippen LogP contribution in [0.3, 0.4) is 0 Å². The summed E-state index contributed by atoms with van der Waals surface area (Å²) >= 11 is 0. The third kappa shape index (κ3) is 6.17. The smallest absolute Gasteiger partial charge is 0.251 e. The van der Waals surface area contributed by atoms with Crippen LogP contribution >= 0.6 is 0 Å². The van der Waals surface area contributed by atoms with Crippen molar-refractivity contribution >= 4 is 39.1 Å². The number of likely N-dealkylation sites (N-methyl/N-ethyl adjacent to an activating group) is 1. The third-order valence-corrected chi connectivity index (χ3v) is 6.60. The molecule has 3 rings (SSSR count). The topological polar surface area (TPSA) is 138 Å². The summed E-state index contributed by atoms with van der Waals surface area (Å²) < 4.78 is 23.6. The summed E-state index contributed by atoms with van der Waals surface area (Å²) in [4.78, 5) is 45.0. The number of nitrogens with zero attached hydrogens (tertiary/aromatic N) is 2. The van der Waals surface area contributed by atoms with Gasteiger partial charge in [-0.3, -0.25) is 19.3 Å². The molecule has 1 aromatic carbocycles. The Morgan fingerprint density at radius 3 is 2.50 bits per heavy atom. The average molecular weight is 488 g/mol. The Hall–Kier alpha value is -3.31. The molecule has 0 unspecified atom stereocenters. The number of carbonyl (C=O) groups excluding carboxylic acids is 3. The van der Waals surface area contributed by atoms with Crippen molar-refractivity contribution in [3.05, 3.63) is 54.2 Å². The van der Waals surface area contributed by atoms with Crippen LogP contribution < -0.4 is 20.9 Å². The van der Waals surface area contributed by atoms with Crippen LogP contribution in [0.5, 0.6) is 0 Å². The van der Waals surface area contributed by atoms with E-state index in [1.165, 1.54) is 11.1 Å². The number of benzene rings is 1. The number of para-hydroxylation sites is 1. The Bertz CT molecular complexity index is 1160. The molecule has 34 heavy (non-hydrogen) atoms. The molecule has 0 saturated carbocycles. The van der Waals surface area contributed by atoms with E-state index in [0.29, 0.717) is 17.1 Å². The Kier molecular flexibility index (Phi) is 8.00. The fraction of sp³-hybridized carbons (Fsp3) is 0.391. The van der Waals surface area contributed by atoms with E-state index >= 15 is 0 Å². The van der Waals surface area contributed by atoms with E-state index in [0.717, 1.165) is 6.26 Å². The minimum Gasteiger partial charge on any atom is -0.343 e. The first-order valence-electron chi connectivity index (χ1n) is 10.9. The minimum atomic E-state index is -3.40. The number of nitrogens with one attached hydrogen (secondary N) is 3. The average Bonchev–Trinajstić information content (AvgIpc) is 3.20. The molecule has 2 heterocycles. The van der Waals surface area contributed by atoms with Crippen LogP contribution in [0.4, 0.5) is 11.5 Å². The Balaban J connectivity index is 1.92. The van der Waals surface area contributed by atoms with E-state index in [1.54, 1.807) is 50.4 Å². The number of anilines is 2. The number of pyridine rings is 1. The van der Waals surface area contributed by atoms with E-state index < -0.39 is 45.7 Å². The molecule has 10 nitrogen and oxygen atoms in total. The highest BCUT2D eigenvalue weighted by Crippen LogP contribution is 2.31. The fourth-order valence-corrected chi connectivity index (χ4v) is 4.32. The van der Waals surface area contributed by atoms with Gasteiger partial charge in [0, 0.05) is 24.6 Å². The molecule has 0 radical (unpaired) electrons. The lowest BCUT2D eigenvalue weighted by atomic mass is 10.1. The number of amides is 3. The van der Waals surface area contributed by atoms with Gasteiger partial charge in [-0.15, -0.1) is 0 Å². The van der Waals surface area contributed by atoms with Gasteiger partial charge in [-0.2, -0.15) is 0 Å². The molecular weight excluding hydrogens is 458 g/mol. The summed E-state index contributed by atoms with van der Waals surface area (Å²) in [5.41, 5.74) is 1.29. The summed E-state index contributed by atoms with van der Waals surface area (Å²) in [6, 6.07) is 9.69. The van der Waals surface area contributed by atoms with Gasteiger partial charge in [0.1, 0.15) is 27.7 Å². The van der Waals surface area contributed by atoms with Crippen molar-refractivity contribution in [2.45, 2.75) is 37.9 Å². The zero-order valence-corrected chi connectivity index (χ0v) is 20.1. The number of hydrogen-bond donors (Lipinski definition) is 3. The maximum Gasteiger partial charge on any atom is 0.251 e. The number of fused-ring (bicyclic) bond motifs is 1. The first-order chi connectivity index (χ1) is 16.1. The molecule has 182 valence electrons. The summed E-state index contributed by atoms with van der Waals surface area (Å²) in [5, 5.41) is 8.24. The molecule has 0 saturated heterocycles. The molecule has 0 spiro atoms. The second kappa shape index (κ2) is 10.7. The third-order valence-electron chi connectivity index (χ3n) is 5.62. The van der Waals surface area contributed by atoms with Crippen LogP contribution in [0, 0.1) is 0 Å². The highest BCUT2D eigenvalue weighted by atomic mass is 32.2. The summed E-state index contributed by atoms with van der Waals surface area (Å²) in [7, 11) is -1.80. The highest BCUT2D eigenvalue weighted by Gasteiger charge is 2.42. The molecule has 3 atom stereocenters. The van der Waals surface area contributed by atoms with Gasteiger partial charge in [0.05, 0.1) is 11.8 Å². The SMILES string of the molecule is CN[C@@H](C)C(=O)N[C@@H](CCS(C)(=O)=O)C(=O)N1c2ncccc2C[C@H]1C(=O)Nc1ccccc1. The van der Waals surface area contributed by atoms with Crippen molar-refractivity contribution in [2.75, 3.05) is 29.3 Å². The molecule has 0 bridgehead atoms. The number of hydrogen-bond acceptors (Lipinski definition) is 7. The number of sulfone groups is 1. The summed E-state index contributed by atoms with van der Waals surface area (Å²) in [6.45, 7) is 1.62. The van der Waals surface area contributed by atoms with Crippen LogP contribution in [-0.2, 0) is 30.6 Å². The summed E-state index contributed by atoms with van der Waals surface area (Å²) in [5.74, 6) is -1.44. The second-order valence-corrected chi connectivity index (χ2v) is 10.5. The Morgan fingerprint density at radius 1 is 1.15 bits per heavy atom. The summed E-state index contributed by atoms with van der Waals surface area (Å²) in [6.07, 6.45) is 2.69. The lowest BCUT2D eigenvalue weighted by molar-refractivity contribution is -0.129. The number of rotatable bonds is 9. The monoisotopic (exact) mass is 487 g/mol. The molecule has 11 heteroatoms. The predicted octanol–water partition coefficient (Wildman–Crippen LogP) is 0.505. The van der Waals surface area contributed by atoms with Crippen LogP contribution in [0.25, 0.3) is 0 Å². The van der Waals surface area contributed by atoms with Crippen molar-refractivity contribution in [3.8, 4) is 0 Å². The standard InChI is InChI=1S/C23H29N5O5S/c1-15(24-2)21(29)27-18(11-13-34(3,32)33)23(31)28-19(14-16-8-7-12-25-20(16)28)22(30)26-17-9-5-4-6-10-17/h4-10,12,15,18-19,24H,11,13-14H2,1-3H3,(H,26,30)(H,27,29)/t15-,18-,19-/m0/s1. The highest BCUT2D eigenvalue weighted by molar-refractivity contribution is 7.90. The van der Waals surface area contributed by atoms with Gasteiger partial charge < -0.3 is 16.0 Å². The molecular formula is C23H29N5O5S. The molecule has 3 amide bonds. The molecule has 1 aromatic heterocycles. The van der Waals surface area contributed by atoms with Crippen molar-refractivity contribution < 1.29 is 22.8 Å². The van der Waals surface area contributed by atoms with Crippen molar-refractivity contribution in [3.63, 3.8) is 0 Å². The van der Waals surface area contributed by atoms with E-state index in [1.807, 2.05) is 6.07 Å². The maximum absolute atomic E-state index is 13.7. The second-order valence-electron chi connectivity index (χ2n) is 8.26. The minimum absolute atomic E-state index is 0.133. The molecule has 0 aliphatic carbocycles. The molecule has 2 aromatic rings. The van der Waals surface area contributed by atoms with Crippen LogP contribution in [-0.4, -0.2) is 68.3 Å². The first kappa shape index (κ1) is 25.3. The quantitative estimate of drug-likeness (QED) is 0.468. The molecule has 3 N–H and O–H groups in total. The maximum atomic E-state index is 13.7. The Labute approximate surface area is 199 Å². The van der Waals surface area contributed by atoms with Crippen LogP contribution in [0.15, 0.2) is 48.7 Å². The van der Waals surface area contributed by atoms with Crippen LogP contribution in [0.1, 0.15) is 18.9 Å². The number of carbonyl (C=O) groups is 3. The van der Waals surface area contributed by atoms with Gasteiger partial charge in [-0.1, -0.05) is 24.3 Å².